The van der Waals surface area contributed by atoms with Gasteiger partial charge in [0.1, 0.15) is 4.90 Å². The zero-order valence-electron chi connectivity index (χ0n) is 11.1. The summed E-state index contributed by atoms with van der Waals surface area (Å²) in [6, 6.07) is 1.56. The van der Waals surface area contributed by atoms with Gasteiger partial charge in [0.05, 0.1) is 15.6 Å². The van der Waals surface area contributed by atoms with E-state index in [1.54, 1.807) is 6.92 Å². The number of terminal acetylenes is 1. The highest BCUT2D eigenvalue weighted by atomic mass is 35.5. The highest BCUT2D eigenvalue weighted by Crippen LogP contribution is 2.29. The van der Waals surface area contributed by atoms with Gasteiger partial charge >= 0.3 is 5.97 Å². The van der Waals surface area contributed by atoms with Gasteiger partial charge in [-0.05, 0) is 18.6 Å². The van der Waals surface area contributed by atoms with Crippen molar-refractivity contribution in [2.45, 2.75) is 30.7 Å². The van der Waals surface area contributed by atoms with Gasteiger partial charge in [-0.25, -0.2) is 17.9 Å². The maximum absolute atomic E-state index is 12.3. The van der Waals surface area contributed by atoms with Crippen LogP contribution in [0.4, 0.5) is 0 Å². The van der Waals surface area contributed by atoms with Crippen LogP contribution in [-0.2, 0) is 10.0 Å². The Balaban J connectivity index is 3.29. The first-order valence-electron chi connectivity index (χ1n) is 5.91. The Hall–Kier alpha value is -1.26. The molecule has 21 heavy (non-hydrogen) atoms. The molecule has 1 aromatic rings. The zero-order valence-corrected chi connectivity index (χ0v) is 13.4. The average Bonchev–Trinajstić information content (AvgIpc) is 2.37. The minimum Gasteiger partial charge on any atom is -0.478 e. The van der Waals surface area contributed by atoms with E-state index in [4.69, 9.17) is 34.7 Å². The van der Waals surface area contributed by atoms with Crippen LogP contribution in [0.15, 0.2) is 17.0 Å². The second-order valence-electron chi connectivity index (χ2n) is 4.20. The molecule has 1 unspecified atom stereocenters. The summed E-state index contributed by atoms with van der Waals surface area (Å²) in [7, 11) is -4.00. The molecule has 2 N–H and O–H groups in total. The molecule has 0 aliphatic heterocycles. The minimum atomic E-state index is -4.00. The van der Waals surface area contributed by atoms with Crippen molar-refractivity contribution in [1.82, 2.24) is 4.72 Å². The Labute approximate surface area is 133 Å². The summed E-state index contributed by atoms with van der Waals surface area (Å²) in [5.41, 5.74) is -0.341. The lowest BCUT2D eigenvalue weighted by Crippen LogP contribution is -2.34. The molecule has 0 bridgehead atoms. The summed E-state index contributed by atoms with van der Waals surface area (Å²) >= 11 is 11.6. The summed E-state index contributed by atoms with van der Waals surface area (Å²) in [6.45, 7) is 1.77. The number of aromatic carboxylic acids is 1. The molecule has 0 spiro atoms. The van der Waals surface area contributed by atoms with E-state index in [0.29, 0.717) is 6.42 Å². The van der Waals surface area contributed by atoms with Crippen molar-refractivity contribution >= 4 is 39.2 Å². The second-order valence-corrected chi connectivity index (χ2v) is 6.70. The topological polar surface area (TPSA) is 83.5 Å². The molecule has 0 saturated carbocycles. The summed E-state index contributed by atoms with van der Waals surface area (Å²) in [6.07, 6.45) is 5.87. The Morgan fingerprint density at radius 2 is 2.05 bits per heavy atom. The van der Waals surface area contributed by atoms with Crippen molar-refractivity contribution in [2.24, 2.45) is 0 Å². The first kappa shape index (κ1) is 17.8. The first-order chi connectivity index (χ1) is 9.72. The molecule has 5 nitrogen and oxygen atoms in total. The number of rotatable bonds is 6. The third kappa shape index (κ3) is 4.35. The largest absolute Gasteiger partial charge is 0.478 e. The summed E-state index contributed by atoms with van der Waals surface area (Å²) in [5.74, 6) is 1.03. The normalized spacial score (nSPS) is 12.7. The van der Waals surface area contributed by atoms with Crippen molar-refractivity contribution < 1.29 is 18.3 Å². The Kier molecular flexibility index (Phi) is 6.05. The molecule has 1 aromatic carbocycles. The lowest BCUT2D eigenvalue weighted by Gasteiger charge is -2.16. The van der Waals surface area contributed by atoms with Gasteiger partial charge in [-0.1, -0.05) is 30.1 Å². The Bertz CT molecular complexity index is 695. The SMILES string of the molecule is C#CCC(CC)NS(=O)(=O)c1cc(C(=O)O)c(Cl)cc1Cl. The van der Waals surface area contributed by atoms with Crippen LogP contribution in [-0.4, -0.2) is 25.5 Å². The summed E-state index contributed by atoms with van der Waals surface area (Å²) in [4.78, 5) is 10.7. The maximum atomic E-state index is 12.3. The molecule has 1 rings (SSSR count). The predicted octanol–water partition coefficient (Wildman–Crippen LogP) is 2.77. The second kappa shape index (κ2) is 7.14. The number of sulfonamides is 1. The summed E-state index contributed by atoms with van der Waals surface area (Å²) in [5, 5.41) is 8.69. The molecule has 0 aromatic heterocycles. The number of benzene rings is 1. The van der Waals surface area contributed by atoms with E-state index in [2.05, 4.69) is 10.6 Å². The van der Waals surface area contributed by atoms with Gasteiger partial charge in [0.2, 0.25) is 10.0 Å². The monoisotopic (exact) mass is 349 g/mol. The molecule has 0 saturated heterocycles. The van der Waals surface area contributed by atoms with Crippen molar-refractivity contribution in [2.75, 3.05) is 0 Å². The van der Waals surface area contributed by atoms with Crippen LogP contribution < -0.4 is 4.72 Å². The lowest BCUT2D eigenvalue weighted by atomic mass is 10.2. The molecule has 0 aliphatic carbocycles. The number of hydrogen-bond acceptors (Lipinski definition) is 3. The van der Waals surface area contributed by atoms with Crippen molar-refractivity contribution in [3.8, 4) is 12.3 Å². The molecular weight excluding hydrogens is 337 g/mol. The number of carboxylic acids is 1. The first-order valence-corrected chi connectivity index (χ1v) is 8.15. The van der Waals surface area contributed by atoms with E-state index in [9.17, 15) is 13.2 Å². The number of carboxylic acid groups (broad SMARTS) is 1. The average molecular weight is 350 g/mol. The van der Waals surface area contributed by atoms with Crippen LogP contribution in [0.2, 0.25) is 10.0 Å². The molecule has 0 aliphatic rings. The number of carbonyl (C=O) groups is 1. The summed E-state index contributed by atoms with van der Waals surface area (Å²) < 4.78 is 27.0. The van der Waals surface area contributed by atoms with Gasteiger partial charge in [0.25, 0.3) is 0 Å². The van der Waals surface area contributed by atoms with Crippen LogP contribution in [0.25, 0.3) is 0 Å². The van der Waals surface area contributed by atoms with Gasteiger partial charge in [-0.2, -0.15) is 0 Å². The fourth-order valence-electron chi connectivity index (χ4n) is 1.59. The molecule has 0 radical (unpaired) electrons. The van der Waals surface area contributed by atoms with E-state index in [1.165, 1.54) is 0 Å². The van der Waals surface area contributed by atoms with Crippen LogP contribution in [0.1, 0.15) is 30.1 Å². The molecule has 1 atom stereocenters. The van der Waals surface area contributed by atoms with E-state index >= 15 is 0 Å². The van der Waals surface area contributed by atoms with Gasteiger partial charge in [-0.3, -0.25) is 0 Å². The van der Waals surface area contributed by atoms with E-state index in [0.717, 1.165) is 12.1 Å². The smallest absolute Gasteiger partial charge is 0.337 e. The molecule has 0 heterocycles. The molecular formula is C13H13Cl2NO4S. The fraction of sp³-hybridized carbons (Fsp3) is 0.308. The van der Waals surface area contributed by atoms with Gasteiger partial charge < -0.3 is 5.11 Å². The van der Waals surface area contributed by atoms with Gasteiger partial charge in [0.15, 0.2) is 0 Å². The van der Waals surface area contributed by atoms with E-state index < -0.39 is 22.0 Å². The van der Waals surface area contributed by atoms with Gasteiger partial charge in [0, 0.05) is 12.5 Å². The predicted molar refractivity (Wildman–Crippen MR) is 81.3 cm³/mol. The van der Waals surface area contributed by atoms with E-state index in [-0.39, 0.29) is 26.9 Å². The highest BCUT2D eigenvalue weighted by molar-refractivity contribution is 7.89. The van der Waals surface area contributed by atoms with Crippen LogP contribution >= 0.6 is 23.2 Å². The highest BCUT2D eigenvalue weighted by Gasteiger charge is 2.24. The Morgan fingerprint density at radius 1 is 1.43 bits per heavy atom. The maximum Gasteiger partial charge on any atom is 0.337 e. The lowest BCUT2D eigenvalue weighted by molar-refractivity contribution is 0.0697. The molecule has 0 amide bonds. The minimum absolute atomic E-state index is 0.137. The number of halogens is 2. The van der Waals surface area contributed by atoms with Crippen molar-refractivity contribution in [3.63, 3.8) is 0 Å². The van der Waals surface area contributed by atoms with Crippen LogP contribution in [0.5, 0.6) is 0 Å². The number of nitrogens with one attached hydrogen (secondary N) is 1. The van der Waals surface area contributed by atoms with Gasteiger partial charge in [-0.15, -0.1) is 12.3 Å². The quantitative estimate of drug-likeness (QED) is 0.773. The zero-order chi connectivity index (χ0) is 16.2. The molecule has 0 fully saturated rings. The molecule has 114 valence electrons. The van der Waals surface area contributed by atoms with E-state index in [1.807, 2.05) is 0 Å². The fourth-order valence-corrected chi connectivity index (χ4v) is 3.77. The van der Waals surface area contributed by atoms with Crippen LogP contribution in [0, 0.1) is 12.3 Å². The third-order valence-electron chi connectivity index (χ3n) is 2.72. The van der Waals surface area contributed by atoms with Crippen molar-refractivity contribution in [3.05, 3.63) is 27.7 Å². The van der Waals surface area contributed by atoms with Crippen molar-refractivity contribution in [1.29, 1.82) is 0 Å². The van der Waals surface area contributed by atoms with Crippen LogP contribution in [0.3, 0.4) is 0 Å². The number of hydrogen-bond donors (Lipinski definition) is 2. The standard InChI is InChI=1S/C13H13Cl2NO4S/c1-3-5-8(4-2)16-21(19,20)12-6-9(13(17)18)10(14)7-11(12)15/h1,6-8,16H,4-5H2,2H3,(H,17,18). The Morgan fingerprint density at radius 3 is 2.52 bits per heavy atom. The molecule has 8 heteroatoms. The third-order valence-corrected chi connectivity index (χ3v) is 5.02.